The van der Waals surface area contributed by atoms with Crippen LogP contribution in [0.4, 0.5) is 4.79 Å². The van der Waals surface area contributed by atoms with E-state index in [0.717, 1.165) is 13.0 Å². The van der Waals surface area contributed by atoms with Gasteiger partial charge in [0.2, 0.25) is 0 Å². The summed E-state index contributed by atoms with van der Waals surface area (Å²) < 4.78 is 11.2. The van der Waals surface area contributed by atoms with E-state index in [-0.39, 0.29) is 12.0 Å². The van der Waals surface area contributed by atoms with Crippen LogP contribution in [0.5, 0.6) is 5.75 Å². The molecular weight excluding hydrogens is 344 g/mol. The standard InChI is InChI=1S/C21H30N2O4/c1-4-26-18-7-5-6-17(14-18)19(24)22-12-9-21(10-13-22)15-23(20(25)27-21)11-8-16(2)3/h5-7,14,16H,4,8-13,15H2,1-3H3. The van der Waals surface area contributed by atoms with E-state index in [4.69, 9.17) is 9.47 Å². The number of likely N-dealkylation sites (tertiary alicyclic amines) is 1. The first-order chi connectivity index (χ1) is 12.9. The van der Waals surface area contributed by atoms with Crippen LogP contribution >= 0.6 is 0 Å². The van der Waals surface area contributed by atoms with Crippen LogP contribution in [0, 0.1) is 5.92 Å². The van der Waals surface area contributed by atoms with Crippen molar-refractivity contribution in [1.29, 1.82) is 0 Å². The Morgan fingerprint density at radius 1 is 1.30 bits per heavy atom. The summed E-state index contributed by atoms with van der Waals surface area (Å²) >= 11 is 0. The van der Waals surface area contributed by atoms with Gasteiger partial charge in [-0.3, -0.25) is 4.79 Å². The lowest BCUT2D eigenvalue weighted by atomic mass is 9.91. The van der Waals surface area contributed by atoms with E-state index in [1.165, 1.54) is 0 Å². The van der Waals surface area contributed by atoms with E-state index in [2.05, 4.69) is 13.8 Å². The first kappa shape index (κ1) is 19.5. The van der Waals surface area contributed by atoms with Crippen molar-refractivity contribution in [2.24, 2.45) is 5.92 Å². The summed E-state index contributed by atoms with van der Waals surface area (Å²) in [4.78, 5) is 28.7. The second-order valence-corrected chi connectivity index (χ2v) is 7.91. The molecule has 27 heavy (non-hydrogen) atoms. The summed E-state index contributed by atoms with van der Waals surface area (Å²) in [5, 5.41) is 0. The molecule has 6 nitrogen and oxygen atoms in total. The first-order valence-electron chi connectivity index (χ1n) is 9.92. The third kappa shape index (κ3) is 4.54. The molecule has 0 unspecified atom stereocenters. The van der Waals surface area contributed by atoms with Gasteiger partial charge in [-0.25, -0.2) is 4.79 Å². The van der Waals surface area contributed by atoms with Crippen molar-refractivity contribution in [3.63, 3.8) is 0 Å². The minimum atomic E-state index is -0.433. The van der Waals surface area contributed by atoms with Crippen LogP contribution < -0.4 is 4.74 Å². The molecule has 2 aliphatic rings. The summed E-state index contributed by atoms with van der Waals surface area (Å²) in [5.41, 5.74) is 0.205. The third-order valence-corrected chi connectivity index (χ3v) is 5.37. The SMILES string of the molecule is CCOc1cccc(C(=O)N2CCC3(CC2)CN(CCC(C)C)C(=O)O3)c1. The molecule has 0 aliphatic carbocycles. The van der Waals surface area contributed by atoms with E-state index >= 15 is 0 Å². The number of ether oxygens (including phenoxy) is 2. The van der Waals surface area contributed by atoms with E-state index in [1.807, 2.05) is 34.9 Å². The molecule has 2 amide bonds. The Balaban J connectivity index is 1.58. The molecule has 1 aromatic carbocycles. The number of nitrogens with zero attached hydrogens (tertiary/aromatic N) is 2. The van der Waals surface area contributed by atoms with Gasteiger partial charge in [-0.1, -0.05) is 19.9 Å². The molecule has 0 atom stereocenters. The quantitative estimate of drug-likeness (QED) is 0.764. The molecule has 2 heterocycles. The van der Waals surface area contributed by atoms with Crippen LogP contribution in [-0.2, 0) is 4.74 Å². The average molecular weight is 374 g/mol. The Bertz CT molecular complexity index is 681. The van der Waals surface area contributed by atoms with Gasteiger partial charge in [0.1, 0.15) is 11.4 Å². The van der Waals surface area contributed by atoms with Crippen LogP contribution in [-0.4, -0.2) is 60.2 Å². The highest BCUT2D eigenvalue weighted by Gasteiger charge is 2.47. The van der Waals surface area contributed by atoms with Crippen molar-refractivity contribution in [1.82, 2.24) is 9.80 Å². The van der Waals surface area contributed by atoms with Crippen molar-refractivity contribution < 1.29 is 19.1 Å². The molecule has 2 fully saturated rings. The molecule has 2 aliphatic heterocycles. The summed E-state index contributed by atoms with van der Waals surface area (Å²) in [6.07, 6.45) is 2.15. The van der Waals surface area contributed by atoms with Crippen molar-refractivity contribution in [3.05, 3.63) is 29.8 Å². The van der Waals surface area contributed by atoms with Gasteiger partial charge in [-0.2, -0.15) is 0 Å². The molecule has 3 rings (SSSR count). The summed E-state index contributed by atoms with van der Waals surface area (Å²) in [6.45, 7) is 9.38. The van der Waals surface area contributed by atoms with Gasteiger partial charge < -0.3 is 19.3 Å². The Morgan fingerprint density at radius 3 is 2.70 bits per heavy atom. The molecular formula is C21H30N2O4. The molecule has 148 valence electrons. The van der Waals surface area contributed by atoms with Gasteiger partial charge in [-0.15, -0.1) is 0 Å². The van der Waals surface area contributed by atoms with Gasteiger partial charge in [0.15, 0.2) is 0 Å². The minimum absolute atomic E-state index is 0.00684. The largest absolute Gasteiger partial charge is 0.494 e. The lowest BCUT2D eigenvalue weighted by molar-refractivity contribution is 0.00311. The predicted molar refractivity (Wildman–Crippen MR) is 103 cm³/mol. The number of amides is 2. The second-order valence-electron chi connectivity index (χ2n) is 7.91. The number of piperidine rings is 1. The highest BCUT2D eigenvalue weighted by atomic mass is 16.6. The Hall–Kier alpha value is -2.24. The highest BCUT2D eigenvalue weighted by molar-refractivity contribution is 5.94. The zero-order valence-electron chi connectivity index (χ0n) is 16.6. The number of benzene rings is 1. The molecule has 1 aromatic rings. The van der Waals surface area contributed by atoms with Crippen LogP contribution in [0.3, 0.4) is 0 Å². The van der Waals surface area contributed by atoms with E-state index in [1.54, 1.807) is 6.07 Å². The fourth-order valence-corrected chi connectivity index (χ4v) is 3.72. The number of rotatable bonds is 6. The maximum atomic E-state index is 12.8. The zero-order valence-corrected chi connectivity index (χ0v) is 16.6. The summed E-state index contributed by atoms with van der Waals surface area (Å²) in [5.74, 6) is 1.27. The fourth-order valence-electron chi connectivity index (χ4n) is 3.72. The highest BCUT2D eigenvalue weighted by Crippen LogP contribution is 2.34. The van der Waals surface area contributed by atoms with Crippen LogP contribution in [0.1, 0.15) is 50.4 Å². The average Bonchev–Trinajstić information content (AvgIpc) is 2.95. The first-order valence-corrected chi connectivity index (χ1v) is 9.92. The maximum Gasteiger partial charge on any atom is 0.410 e. The monoisotopic (exact) mass is 374 g/mol. The lowest BCUT2D eigenvalue weighted by Gasteiger charge is -2.37. The van der Waals surface area contributed by atoms with Crippen LogP contribution in [0.15, 0.2) is 24.3 Å². The predicted octanol–water partition coefficient (Wildman–Crippen LogP) is 3.56. The molecule has 2 saturated heterocycles. The summed E-state index contributed by atoms with van der Waals surface area (Å²) in [6, 6.07) is 7.31. The molecule has 0 aromatic heterocycles. The van der Waals surface area contributed by atoms with E-state index in [9.17, 15) is 9.59 Å². The Morgan fingerprint density at radius 2 is 2.04 bits per heavy atom. The van der Waals surface area contributed by atoms with E-state index < -0.39 is 5.60 Å². The smallest absolute Gasteiger partial charge is 0.410 e. The number of carbonyl (C=O) groups excluding carboxylic acids is 2. The molecule has 0 saturated carbocycles. The number of carbonyl (C=O) groups is 2. The molecule has 0 radical (unpaired) electrons. The Kier molecular flexibility index (Phi) is 5.92. The molecule has 1 spiro atoms. The number of hydrogen-bond donors (Lipinski definition) is 0. The van der Waals surface area contributed by atoms with Gasteiger partial charge >= 0.3 is 6.09 Å². The molecule has 0 N–H and O–H groups in total. The van der Waals surface area contributed by atoms with Gasteiger partial charge in [0.25, 0.3) is 5.91 Å². The van der Waals surface area contributed by atoms with Gasteiger partial charge in [0, 0.05) is 38.0 Å². The van der Waals surface area contributed by atoms with Crippen molar-refractivity contribution >= 4 is 12.0 Å². The van der Waals surface area contributed by atoms with Crippen molar-refractivity contribution in [2.45, 2.75) is 45.6 Å². The molecule has 6 heteroatoms. The number of hydrogen-bond acceptors (Lipinski definition) is 4. The van der Waals surface area contributed by atoms with E-state index in [0.29, 0.717) is 56.3 Å². The van der Waals surface area contributed by atoms with Crippen molar-refractivity contribution in [2.75, 3.05) is 32.8 Å². The van der Waals surface area contributed by atoms with Gasteiger partial charge in [0.05, 0.1) is 13.2 Å². The maximum absolute atomic E-state index is 12.8. The van der Waals surface area contributed by atoms with Gasteiger partial charge in [-0.05, 0) is 37.5 Å². The second kappa shape index (κ2) is 8.19. The van der Waals surface area contributed by atoms with Crippen molar-refractivity contribution in [3.8, 4) is 5.75 Å². The fraction of sp³-hybridized carbons (Fsp3) is 0.619. The zero-order chi connectivity index (χ0) is 19.4. The van der Waals surface area contributed by atoms with Crippen LogP contribution in [0.2, 0.25) is 0 Å². The summed E-state index contributed by atoms with van der Waals surface area (Å²) in [7, 11) is 0. The normalized spacial score (nSPS) is 18.9. The van der Waals surface area contributed by atoms with Crippen LogP contribution in [0.25, 0.3) is 0 Å². The lowest BCUT2D eigenvalue weighted by Crippen LogP contribution is -2.48. The molecule has 0 bridgehead atoms. The third-order valence-electron chi connectivity index (χ3n) is 5.37. The Labute approximate surface area is 161 Å². The topological polar surface area (TPSA) is 59.1 Å². The minimum Gasteiger partial charge on any atom is -0.494 e.